The van der Waals surface area contributed by atoms with E-state index in [9.17, 15) is 4.79 Å². The number of Topliss-reactive ketones (excluding diaryl/α,β-unsaturated/α-hetero) is 1. The monoisotopic (exact) mass is 291 g/mol. The molecule has 0 bridgehead atoms. The van der Waals surface area contributed by atoms with Crippen LogP contribution in [0.25, 0.3) is 0 Å². The molecule has 1 saturated heterocycles. The largest absolute Gasteiger partial charge is 0.303 e. The Balaban J connectivity index is 1.91. The van der Waals surface area contributed by atoms with Crippen LogP contribution in [0.5, 0.6) is 0 Å². The Morgan fingerprint density at radius 2 is 1.85 bits per heavy atom. The minimum absolute atomic E-state index is 0.0952. The van der Waals surface area contributed by atoms with Gasteiger partial charge in [-0.2, -0.15) is 0 Å². The summed E-state index contributed by atoms with van der Waals surface area (Å²) in [4.78, 5) is 16.1. The Morgan fingerprint density at radius 3 is 2.45 bits per heavy atom. The smallest absolute Gasteiger partial charge is 0.166 e. The molecule has 1 fully saturated rings. The molecule has 0 aromatic heterocycles. The lowest BCUT2D eigenvalue weighted by atomic mass is 9.98. The van der Waals surface area contributed by atoms with Crippen LogP contribution in [0.3, 0.4) is 0 Å². The van der Waals surface area contributed by atoms with Crippen molar-refractivity contribution in [3.05, 3.63) is 29.8 Å². The van der Waals surface area contributed by atoms with Crippen molar-refractivity contribution >= 4 is 17.5 Å². The predicted octanol–water partition coefficient (Wildman–Crippen LogP) is 4.10. The van der Waals surface area contributed by atoms with Gasteiger partial charge in [-0.05, 0) is 43.8 Å². The summed E-state index contributed by atoms with van der Waals surface area (Å²) in [5.74, 6) is 1.44. The zero-order valence-electron chi connectivity index (χ0n) is 12.6. The molecular weight excluding hydrogens is 266 g/mol. The molecule has 2 nitrogen and oxygen atoms in total. The Labute approximate surface area is 126 Å². The average Bonchev–Trinajstić information content (AvgIpc) is 2.48. The van der Waals surface area contributed by atoms with E-state index in [2.05, 4.69) is 30.9 Å². The highest BCUT2D eigenvalue weighted by atomic mass is 32.2. The van der Waals surface area contributed by atoms with Gasteiger partial charge in [0.25, 0.3) is 0 Å². The van der Waals surface area contributed by atoms with Crippen molar-refractivity contribution in [1.82, 2.24) is 4.90 Å². The standard InChI is InChI=1S/C17H25NOS/c1-3-20-16-9-7-15(8-10-16)17(19)14(2)13-18-11-5-4-6-12-18/h7-10,14H,3-6,11-13H2,1-2H3. The molecule has 0 amide bonds. The maximum absolute atomic E-state index is 12.5. The molecule has 0 radical (unpaired) electrons. The number of thioether (sulfide) groups is 1. The molecule has 1 unspecified atom stereocenters. The van der Waals surface area contributed by atoms with Crippen LogP contribution in [-0.2, 0) is 0 Å². The molecule has 1 aromatic carbocycles. The van der Waals surface area contributed by atoms with Crippen LogP contribution in [0.2, 0.25) is 0 Å². The van der Waals surface area contributed by atoms with Crippen LogP contribution in [0.15, 0.2) is 29.2 Å². The number of carbonyl (C=O) groups is 1. The number of nitrogens with zero attached hydrogens (tertiary/aromatic N) is 1. The Hall–Kier alpha value is -0.800. The lowest BCUT2D eigenvalue weighted by Crippen LogP contribution is -2.35. The Bertz CT molecular complexity index is 423. The van der Waals surface area contributed by atoms with Crippen LogP contribution < -0.4 is 0 Å². The van der Waals surface area contributed by atoms with E-state index < -0.39 is 0 Å². The fourth-order valence-electron chi connectivity index (χ4n) is 2.78. The highest BCUT2D eigenvalue weighted by molar-refractivity contribution is 7.99. The quantitative estimate of drug-likeness (QED) is 0.581. The van der Waals surface area contributed by atoms with Crippen molar-refractivity contribution in [3.63, 3.8) is 0 Å². The fourth-order valence-corrected chi connectivity index (χ4v) is 3.44. The SMILES string of the molecule is CCSc1ccc(C(=O)C(C)CN2CCCCC2)cc1. The number of carbonyl (C=O) groups excluding carboxylic acids is 1. The first-order valence-electron chi connectivity index (χ1n) is 7.70. The van der Waals surface area contributed by atoms with Gasteiger partial charge >= 0.3 is 0 Å². The molecule has 3 heteroatoms. The second-order valence-corrected chi connectivity index (χ2v) is 6.92. The highest BCUT2D eigenvalue weighted by Gasteiger charge is 2.19. The summed E-state index contributed by atoms with van der Waals surface area (Å²) in [6.07, 6.45) is 3.91. The summed E-state index contributed by atoms with van der Waals surface area (Å²) in [7, 11) is 0. The molecule has 1 heterocycles. The second kappa shape index (κ2) is 7.84. The number of benzene rings is 1. The number of hydrogen-bond donors (Lipinski definition) is 0. The molecule has 1 atom stereocenters. The Morgan fingerprint density at radius 1 is 1.20 bits per heavy atom. The summed E-state index contributed by atoms with van der Waals surface area (Å²) in [6, 6.07) is 8.09. The third-order valence-electron chi connectivity index (χ3n) is 3.88. The first-order chi connectivity index (χ1) is 9.70. The lowest BCUT2D eigenvalue weighted by molar-refractivity contribution is 0.0883. The van der Waals surface area contributed by atoms with E-state index in [0.717, 1.165) is 31.0 Å². The van der Waals surface area contributed by atoms with E-state index in [0.29, 0.717) is 0 Å². The van der Waals surface area contributed by atoms with Crippen molar-refractivity contribution in [2.24, 2.45) is 5.92 Å². The summed E-state index contributed by atoms with van der Waals surface area (Å²) >= 11 is 1.81. The van der Waals surface area contributed by atoms with Gasteiger partial charge in [-0.3, -0.25) is 4.79 Å². The molecule has 2 rings (SSSR count). The molecule has 110 valence electrons. The maximum Gasteiger partial charge on any atom is 0.166 e. The van der Waals surface area contributed by atoms with Crippen LogP contribution in [0.4, 0.5) is 0 Å². The van der Waals surface area contributed by atoms with Crippen LogP contribution in [0, 0.1) is 5.92 Å². The number of hydrogen-bond acceptors (Lipinski definition) is 3. The molecule has 1 aromatic rings. The number of piperidine rings is 1. The minimum Gasteiger partial charge on any atom is -0.303 e. The van der Waals surface area contributed by atoms with Crippen molar-refractivity contribution in [2.45, 2.75) is 38.0 Å². The minimum atomic E-state index is 0.0952. The number of likely N-dealkylation sites (tertiary alicyclic amines) is 1. The molecule has 1 aliphatic heterocycles. The fraction of sp³-hybridized carbons (Fsp3) is 0.588. The summed E-state index contributed by atoms with van der Waals surface area (Å²) < 4.78 is 0. The first kappa shape index (κ1) is 15.6. The number of ketones is 1. The van der Waals surface area contributed by atoms with Gasteiger partial charge in [0, 0.05) is 22.9 Å². The lowest BCUT2D eigenvalue weighted by Gasteiger charge is -2.28. The molecule has 0 N–H and O–H groups in total. The summed E-state index contributed by atoms with van der Waals surface area (Å²) in [5.41, 5.74) is 0.856. The topological polar surface area (TPSA) is 20.3 Å². The third kappa shape index (κ3) is 4.35. The molecule has 0 aliphatic carbocycles. The summed E-state index contributed by atoms with van der Waals surface area (Å²) in [5, 5.41) is 0. The van der Waals surface area contributed by atoms with Crippen molar-refractivity contribution in [2.75, 3.05) is 25.4 Å². The zero-order chi connectivity index (χ0) is 14.4. The van der Waals surface area contributed by atoms with Gasteiger partial charge in [0.15, 0.2) is 5.78 Å². The van der Waals surface area contributed by atoms with Crippen LogP contribution in [0.1, 0.15) is 43.5 Å². The van der Waals surface area contributed by atoms with Gasteiger partial charge in [0.1, 0.15) is 0 Å². The number of rotatable bonds is 6. The van der Waals surface area contributed by atoms with E-state index in [1.807, 2.05) is 23.9 Å². The van der Waals surface area contributed by atoms with Crippen molar-refractivity contribution in [1.29, 1.82) is 0 Å². The van der Waals surface area contributed by atoms with E-state index >= 15 is 0 Å². The van der Waals surface area contributed by atoms with Crippen LogP contribution >= 0.6 is 11.8 Å². The highest BCUT2D eigenvalue weighted by Crippen LogP contribution is 2.20. The van der Waals surface area contributed by atoms with Gasteiger partial charge < -0.3 is 4.90 Å². The average molecular weight is 291 g/mol. The molecule has 0 saturated carbocycles. The van der Waals surface area contributed by atoms with Crippen molar-refractivity contribution in [3.8, 4) is 0 Å². The van der Waals surface area contributed by atoms with Crippen LogP contribution in [-0.4, -0.2) is 36.1 Å². The van der Waals surface area contributed by atoms with Gasteiger partial charge in [0.2, 0.25) is 0 Å². The molecular formula is C17H25NOS. The molecule has 1 aliphatic rings. The van der Waals surface area contributed by atoms with E-state index in [1.165, 1.54) is 24.2 Å². The third-order valence-corrected chi connectivity index (χ3v) is 4.77. The summed E-state index contributed by atoms with van der Waals surface area (Å²) in [6.45, 7) is 7.42. The second-order valence-electron chi connectivity index (χ2n) is 5.58. The van der Waals surface area contributed by atoms with E-state index in [4.69, 9.17) is 0 Å². The van der Waals surface area contributed by atoms with E-state index in [-0.39, 0.29) is 11.7 Å². The normalized spacial score (nSPS) is 17.9. The van der Waals surface area contributed by atoms with E-state index in [1.54, 1.807) is 0 Å². The molecule has 0 spiro atoms. The van der Waals surface area contributed by atoms with Gasteiger partial charge in [-0.25, -0.2) is 0 Å². The predicted molar refractivity (Wildman–Crippen MR) is 86.6 cm³/mol. The first-order valence-corrected chi connectivity index (χ1v) is 8.68. The molecule has 20 heavy (non-hydrogen) atoms. The maximum atomic E-state index is 12.5. The van der Waals surface area contributed by atoms with Crippen molar-refractivity contribution < 1.29 is 4.79 Å². The van der Waals surface area contributed by atoms with Gasteiger partial charge in [0.05, 0.1) is 0 Å². The van der Waals surface area contributed by atoms with Gasteiger partial charge in [-0.1, -0.05) is 32.4 Å². The Kier molecular flexibility index (Phi) is 6.11. The van der Waals surface area contributed by atoms with Gasteiger partial charge in [-0.15, -0.1) is 11.8 Å². The zero-order valence-corrected chi connectivity index (χ0v) is 13.4.